The molecule has 0 bridgehead atoms. The van der Waals surface area contributed by atoms with Crippen molar-refractivity contribution in [2.24, 2.45) is 0 Å². The molecule has 1 fully saturated rings. The smallest absolute Gasteiger partial charge is 0.323 e. The van der Waals surface area contributed by atoms with Gasteiger partial charge < -0.3 is 5.11 Å². The molecule has 2 aliphatic rings. The summed E-state index contributed by atoms with van der Waals surface area (Å²) in [4.78, 5) is 13.9. The zero-order valence-corrected chi connectivity index (χ0v) is 12.6. The van der Waals surface area contributed by atoms with Crippen LogP contribution >= 0.6 is 0 Å². The molecule has 3 rings (SSSR count). The molecule has 1 heterocycles. The van der Waals surface area contributed by atoms with Gasteiger partial charge in [0, 0.05) is 19.1 Å². The fourth-order valence-corrected chi connectivity index (χ4v) is 3.14. The fraction of sp³-hybridized carbons (Fsp3) is 0.588. The molecule has 4 nitrogen and oxygen atoms in total. The standard InChI is InChI=1S/C17H24N2O2/c1-17(16(20)21,18-15-7-8-15)9-4-10-19-11-13-5-2-3-6-14(13)12-19/h2-3,5-6,15,18H,4,7-12H2,1H3,(H,20,21). The number of benzene rings is 1. The molecule has 1 aliphatic heterocycles. The molecule has 114 valence electrons. The second kappa shape index (κ2) is 5.78. The minimum atomic E-state index is -0.770. The van der Waals surface area contributed by atoms with E-state index in [2.05, 4.69) is 34.5 Å². The highest BCUT2D eigenvalue weighted by atomic mass is 16.4. The summed E-state index contributed by atoms with van der Waals surface area (Å²) in [6, 6.07) is 8.96. The monoisotopic (exact) mass is 288 g/mol. The molecule has 21 heavy (non-hydrogen) atoms. The van der Waals surface area contributed by atoms with Crippen LogP contribution in [0.1, 0.15) is 43.7 Å². The quantitative estimate of drug-likeness (QED) is 0.809. The van der Waals surface area contributed by atoms with Gasteiger partial charge in [-0.2, -0.15) is 0 Å². The topological polar surface area (TPSA) is 52.6 Å². The maximum Gasteiger partial charge on any atom is 0.323 e. The lowest BCUT2D eigenvalue weighted by atomic mass is 9.95. The Labute approximate surface area is 126 Å². The van der Waals surface area contributed by atoms with E-state index >= 15 is 0 Å². The van der Waals surface area contributed by atoms with Crippen LogP contribution in [0.2, 0.25) is 0 Å². The summed E-state index contributed by atoms with van der Waals surface area (Å²) >= 11 is 0. The Kier molecular flexibility index (Phi) is 4.00. The molecule has 0 aromatic heterocycles. The predicted molar refractivity (Wildman–Crippen MR) is 82.0 cm³/mol. The number of rotatable bonds is 7. The number of hydrogen-bond acceptors (Lipinski definition) is 3. The molecular weight excluding hydrogens is 264 g/mol. The predicted octanol–water partition coefficient (Wildman–Crippen LogP) is 2.38. The summed E-state index contributed by atoms with van der Waals surface area (Å²) in [7, 11) is 0. The van der Waals surface area contributed by atoms with Gasteiger partial charge in [0.1, 0.15) is 5.54 Å². The lowest BCUT2D eigenvalue weighted by Gasteiger charge is -2.27. The van der Waals surface area contributed by atoms with E-state index in [1.807, 2.05) is 6.92 Å². The number of carbonyl (C=O) groups is 1. The van der Waals surface area contributed by atoms with E-state index in [9.17, 15) is 9.90 Å². The third-order valence-corrected chi connectivity index (χ3v) is 4.63. The fourth-order valence-electron chi connectivity index (χ4n) is 3.14. The van der Waals surface area contributed by atoms with Crippen LogP contribution in [0.5, 0.6) is 0 Å². The molecule has 1 saturated carbocycles. The minimum absolute atomic E-state index is 0.419. The number of fused-ring (bicyclic) bond motifs is 1. The zero-order valence-electron chi connectivity index (χ0n) is 12.6. The molecule has 2 N–H and O–H groups in total. The lowest BCUT2D eigenvalue weighted by Crippen LogP contribution is -2.50. The van der Waals surface area contributed by atoms with Crippen molar-refractivity contribution in [2.75, 3.05) is 6.54 Å². The Bertz CT molecular complexity index is 502. The van der Waals surface area contributed by atoms with Gasteiger partial charge in [0.25, 0.3) is 0 Å². The first-order valence-electron chi connectivity index (χ1n) is 7.87. The van der Waals surface area contributed by atoms with Gasteiger partial charge in [-0.25, -0.2) is 0 Å². The highest BCUT2D eigenvalue weighted by molar-refractivity contribution is 5.78. The summed E-state index contributed by atoms with van der Waals surface area (Å²) in [5.74, 6) is -0.723. The van der Waals surface area contributed by atoms with E-state index in [1.165, 1.54) is 11.1 Å². The van der Waals surface area contributed by atoms with Gasteiger partial charge in [0.2, 0.25) is 0 Å². The molecule has 1 unspecified atom stereocenters. The van der Waals surface area contributed by atoms with Gasteiger partial charge in [-0.15, -0.1) is 0 Å². The normalized spacial score (nSPS) is 21.0. The first kappa shape index (κ1) is 14.5. The molecule has 1 aromatic rings. The van der Waals surface area contributed by atoms with Crippen LogP contribution in [0.3, 0.4) is 0 Å². The Balaban J connectivity index is 1.48. The molecule has 0 spiro atoms. The Morgan fingerprint density at radius 3 is 2.48 bits per heavy atom. The number of hydrogen-bond donors (Lipinski definition) is 2. The highest BCUT2D eigenvalue weighted by Crippen LogP contribution is 2.26. The third kappa shape index (κ3) is 3.44. The zero-order chi connectivity index (χ0) is 14.9. The second-order valence-electron chi connectivity index (χ2n) is 6.64. The molecule has 4 heteroatoms. The van der Waals surface area contributed by atoms with Gasteiger partial charge in [-0.1, -0.05) is 24.3 Å². The number of nitrogens with zero attached hydrogens (tertiary/aromatic N) is 1. The van der Waals surface area contributed by atoms with Gasteiger partial charge >= 0.3 is 5.97 Å². The van der Waals surface area contributed by atoms with Crippen molar-refractivity contribution in [3.8, 4) is 0 Å². The summed E-state index contributed by atoms with van der Waals surface area (Å²) in [6.07, 6.45) is 3.83. The van der Waals surface area contributed by atoms with Crippen molar-refractivity contribution in [1.82, 2.24) is 10.2 Å². The van der Waals surface area contributed by atoms with Gasteiger partial charge in [0.05, 0.1) is 0 Å². The molecular formula is C17H24N2O2. The van der Waals surface area contributed by atoms with Crippen LogP contribution in [0, 0.1) is 0 Å². The van der Waals surface area contributed by atoms with Crippen LogP contribution in [0.4, 0.5) is 0 Å². The maximum atomic E-state index is 11.5. The summed E-state index contributed by atoms with van der Waals surface area (Å²) in [5.41, 5.74) is 2.05. The second-order valence-corrected chi connectivity index (χ2v) is 6.64. The Morgan fingerprint density at radius 2 is 1.95 bits per heavy atom. The number of carboxylic acid groups (broad SMARTS) is 1. The average Bonchev–Trinajstić information content (AvgIpc) is 3.15. The van der Waals surface area contributed by atoms with E-state index in [0.717, 1.165) is 38.9 Å². The average molecular weight is 288 g/mol. The van der Waals surface area contributed by atoms with Crippen molar-refractivity contribution in [2.45, 2.75) is 57.3 Å². The molecule has 0 radical (unpaired) electrons. The minimum Gasteiger partial charge on any atom is -0.480 e. The van der Waals surface area contributed by atoms with E-state index in [1.54, 1.807) is 0 Å². The number of aliphatic carboxylic acids is 1. The van der Waals surface area contributed by atoms with Crippen molar-refractivity contribution in [1.29, 1.82) is 0 Å². The van der Waals surface area contributed by atoms with Crippen molar-refractivity contribution < 1.29 is 9.90 Å². The molecule has 1 aromatic carbocycles. The third-order valence-electron chi connectivity index (χ3n) is 4.63. The van der Waals surface area contributed by atoms with Crippen molar-refractivity contribution in [3.05, 3.63) is 35.4 Å². The molecule has 1 atom stereocenters. The van der Waals surface area contributed by atoms with Crippen LogP contribution in [-0.2, 0) is 17.9 Å². The van der Waals surface area contributed by atoms with E-state index in [0.29, 0.717) is 12.5 Å². The maximum absolute atomic E-state index is 11.5. The van der Waals surface area contributed by atoms with Crippen LogP contribution in [-0.4, -0.2) is 34.1 Å². The van der Waals surface area contributed by atoms with E-state index < -0.39 is 11.5 Å². The number of carboxylic acids is 1. The Hall–Kier alpha value is -1.39. The number of nitrogens with one attached hydrogen (secondary N) is 1. The Morgan fingerprint density at radius 1 is 1.33 bits per heavy atom. The molecule has 0 amide bonds. The van der Waals surface area contributed by atoms with Crippen LogP contribution < -0.4 is 5.32 Å². The molecule has 1 aliphatic carbocycles. The van der Waals surface area contributed by atoms with Crippen LogP contribution in [0.25, 0.3) is 0 Å². The first-order valence-corrected chi connectivity index (χ1v) is 7.87. The van der Waals surface area contributed by atoms with Gasteiger partial charge in [0.15, 0.2) is 0 Å². The van der Waals surface area contributed by atoms with Crippen molar-refractivity contribution in [3.63, 3.8) is 0 Å². The highest BCUT2D eigenvalue weighted by Gasteiger charge is 2.38. The largest absolute Gasteiger partial charge is 0.480 e. The van der Waals surface area contributed by atoms with Crippen molar-refractivity contribution >= 4 is 5.97 Å². The van der Waals surface area contributed by atoms with Gasteiger partial charge in [-0.3, -0.25) is 15.0 Å². The summed E-state index contributed by atoms with van der Waals surface area (Å²) in [5, 5.41) is 12.8. The van der Waals surface area contributed by atoms with Crippen LogP contribution in [0.15, 0.2) is 24.3 Å². The SMILES string of the molecule is CC(CCCN1Cc2ccccc2C1)(NC1CC1)C(=O)O. The summed E-state index contributed by atoms with van der Waals surface area (Å²) in [6.45, 7) is 4.78. The van der Waals surface area contributed by atoms with Gasteiger partial charge in [-0.05, 0) is 50.3 Å². The van der Waals surface area contributed by atoms with E-state index in [-0.39, 0.29) is 0 Å². The lowest BCUT2D eigenvalue weighted by molar-refractivity contribution is -0.144. The molecule has 0 saturated heterocycles. The first-order chi connectivity index (χ1) is 10.1. The summed E-state index contributed by atoms with van der Waals surface area (Å²) < 4.78 is 0. The van der Waals surface area contributed by atoms with E-state index in [4.69, 9.17) is 0 Å².